The third-order valence-corrected chi connectivity index (χ3v) is 6.48. The van der Waals surface area contributed by atoms with Crippen molar-refractivity contribution < 1.29 is 4.79 Å². The molecule has 1 saturated heterocycles. The second kappa shape index (κ2) is 8.89. The summed E-state index contributed by atoms with van der Waals surface area (Å²) in [6.45, 7) is 8.14. The summed E-state index contributed by atoms with van der Waals surface area (Å²) in [6.07, 6.45) is 0. The molecule has 7 heteroatoms. The molecule has 6 nitrogen and oxygen atoms in total. The van der Waals surface area contributed by atoms with Crippen LogP contribution in [0.4, 0.5) is 0 Å². The van der Waals surface area contributed by atoms with Crippen LogP contribution in [-0.2, 0) is 4.79 Å². The molecule has 0 spiro atoms. The van der Waals surface area contributed by atoms with E-state index in [-0.39, 0.29) is 23.9 Å². The Morgan fingerprint density at radius 1 is 1.16 bits per heavy atom. The summed E-state index contributed by atoms with van der Waals surface area (Å²) in [6, 6.07) is 15.8. The predicted octanol–water partition coefficient (Wildman–Crippen LogP) is 3.21. The summed E-state index contributed by atoms with van der Waals surface area (Å²) in [7, 11) is 0. The molecule has 0 aromatic heterocycles. The summed E-state index contributed by atoms with van der Waals surface area (Å²) in [4.78, 5) is 17.0. The zero-order valence-corrected chi connectivity index (χ0v) is 19.0. The number of halogens is 1. The monoisotopic (exact) mass is 439 g/mol. The van der Waals surface area contributed by atoms with E-state index in [4.69, 9.17) is 22.4 Å². The number of fused-ring (bicyclic) bond motifs is 1. The minimum Gasteiger partial charge on any atom is -0.351 e. The van der Waals surface area contributed by atoms with Gasteiger partial charge in [-0.15, -0.1) is 0 Å². The topological polar surface area (TPSA) is 74.0 Å². The lowest BCUT2D eigenvalue weighted by molar-refractivity contribution is -0.137. The minimum absolute atomic E-state index is 0.0263. The Morgan fingerprint density at radius 2 is 1.87 bits per heavy atom. The second-order valence-electron chi connectivity index (χ2n) is 8.73. The van der Waals surface area contributed by atoms with Gasteiger partial charge < -0.3 is 15.5 Å². The fraction of sp³-hybridized carbons (Fsp3) is 0.417. The number of rotatable bonds is 3. The molecule has 0 aliphatic carbocycles. The van der Waals surface area contributed by atoms with Gasteiger partial charge in [-0.1, -0.05) is 61.8 Å². The van der Waals surface area contributed by atoms with E-state index >= 15 is 0 Å². The Kier molecular flexibility index (Phi) is 6.21. The molecule has 0 bridgehead atoms. The highest BCUT2D eigenvalue weighted by molar-refractivity contribution is 6.30. The average molecular weight is 440 g/mol. The van der Waals surface area contributed by atoms with Crippen LogP contribution in [-0.4, -0.2) is 53.3 Å². The highest BCUT2D eigenvalue weighted by Gasteiger charge is 2.34. The number of hydrazone groups is 1. The van der Waals surface area contributed by atoms with Gasteiger partial charge in [0.25, 0.3) is 0 Å². The fourth-order valence-corrected chi connectivity index (χ4v) is 4.44. The van der Waals surface area contributed by atoms with Crippen LogP contribution < -0.4 is 11.2 Å². The maximum Gasteiger partial charge on any atom is 0.240 e. The van der Waals surface area contributed by atoms with Crippen LogP contribution in [0.15, 0.2) is 53.6 Å². The van der Waals surface area contributed by atoms with Crippen LogP contribution in [0.25, 0.3) is 0 Å². The lowest BCUT2D eigenvalue weighted by Crippen LogP contribution is -2.59. The SMILES string of the molecule is CC(C)C(N)C(=O)N1CCN(C2=NNC(c3ccc(Cl)cc3)c3ccccc32)CC1C. The van der Waals surface area contributed by atoms with E-state index < -0.39 is 6.04 Å². The molecule has 0 radical (unpaired) electrons. The molecule has 4 rings (SSSR count). The van der Waals surface area contributed by atoms with Gasteiger partial charge >= 0.3 is 0 Å². The van der Waals surface area contributed by atoms with E-state index in [1.54, 1.807) is 0 Å². The van der Waals surface area contributed by atoms with Gasteiger partial charge in [0.15, 0.2) is 5.84 Å². The van der Waals surface area contributed by atoms with Crippen molar-refractivity contribution in [3.05, 3.63) is 70.2 Å². The number of carbonyl (C=O) groups is 1. The second-order valence-corrected chi connectivity index (χ2v) is 9.17. The van der Waals surface area contributed by atoms with Gasteiger partial charge in [-0.25, -0.2) is 0 Å². The Hall–Kier alpha value is -2.57. The molecule has 1 fully saturated rings. The Bertz CT molecular complexity index is 974. The van der Waals surface area contributed by atoms with Gasteiger partial charge in [-0.2, -0.15) is 5.10 Å². The molecule has 3 atom stereocenters. The molecule has 3 N–H and O–H groups in total. The van der Waals surface area contributed by atoms with Crippen molar-refractivity contribution in [3.8, 4) is 0 Å². The molecule has 0 saturated carbocycles. The number of hydrogen-bond acceptors (Lipinski definition) is 5. The third kappa shape index (κ3) is 4.27. The first-order chi connectivity index (χ1) is 14.9. The smallest absolute Gasteiger partial charge is 0.240 e. The van der Waals surface area contributed by atoms with E-state index in [9.17, 15) is 4.79 Å². The summed E-state index contributed by atoms with van der Waals surface area (Å²) < 4.78 is 0. The van der Waals surface area contributed by atoms with Gasteiger partial charge in [0.05, 0.1) is 12.1 Å². The largest absolute Gasteiger partial charge is 0.351 e. The standard InChI is InChI=1S/C24H30ClN5O/c1-15(2)21(26)24(31)30-13-12-29(14-16(30)3)23-20-7-5-4-6-19(20)22(27-28-23)17-8-10-18(25)11-9-17/h4-11,15-16,21-22,27H,12-14,26H2,1-3H3. The number of amides is 1. The first-order valence-electron chi connectivity index (χ1n) is 10.9. The summed E-state index contributed by atoms with van der Waals surface area (Å²) in [5.74, 6) is 1.09. The summed E-state index contributed by atoms with van der Waals surface area (Å²) in [5.41, 5.74) is 12.9. The number of nitrogens with zero attached hydrogens (tertiary/aromatic N) is 3. The van der Waals surface area contributed by atoms with Gasteiger partial charge in [0.1, 0.15) is 0 Å². The number of nitrogens with two attached hydrogens (primary N) is 1. The summed E-state index contributed by atoms with van der Waals surface area (Å²) in [5, 5.41) is 5.49. The molecule has 164 valence electrons. The van der Waals surface area contributed by atoms with E-state index in [1.807, 2.05) is 49.1 Å². The number of carbonyl (C=O) groups excluding carboxylic acids is 1. The molecule has 2 aromatic carbocycles. The Balaban J connectivity index is 1.55. The predicted molar refractivity (Wildman–Crippen MR) is 125 cm³/mol. The number of benzene rings is 2. The maximum atomic E-state index is 12.8. The highest BCUT2D eigenvalue weighted by atomic mass is 35.5. The van der Waals surface area contributed by atoms with Crippen LogP contribution >= 0.6 is 11.6 Å². The van der Waals surface area contributed by atoms with Crippen LogP contribution in [0.3, 0.4) is 0 Å². The quantitative estimate of drug-likeness (QED) is 0.770. The van der Waals surface area contributed by atoms with Crippen LogP contribution in [0.5, 0.6) is 0 Å². The van der Waals surface area contributed by atoms with Crippen LogP contribution in [0.2, 0.25) is 5.02 Å². The summed E-state index contributed by atoms with van der Waals surface area (Å²) >= 11 is 6.07. The molecular formula is C24H30ClN5O. The van der Waals surface area contributed by atoms with E-state index in [0.717, 1.165) is 35.1 Å². The van der Waals surface area contributed by atoms with Crippen LogP contribution in [0.1, 0.15) is 43.5 Å². The lowest BCUT2D eigenvalue weighted by atomic mass is 9.92. The van der Waals surface area contributed by atoms with Gasteiger partial charge in [0, 0.05) is 36.3 Å². The first-order valence-corrected chi connectivity index (χ1v) is 11.2. The minimum atomic E-state index is -0.455. The zero-order chi connectivity index (χ0) is 22.1. The average Bonchev–Trinajstić information content (AvgIpc) is 2.78. The number of piperazine rings is 1. The van der Waals surface area contributed by atoms with Crippen molar-refractivity contribution in [1.29, 1.82) is 0 Å². The van der Waals surface area contributed by atoms with Crippen molar-refractivity contribution in [2.75, 3.05) is 19.6 Å². The Morgan fingerprint density at radius 3 is 2.55 bits per heavy atom. The number of hydrogen-bond donors (Lipinski definition) is 2. The third-order valence-electron chi connectivity index (χ3n) is 6.23. The molecule has 1 amide bonds. The highest BCUT2D eigenvalue weighted by Crippen LogP contribution is 2.31. The van der Waals surface area contributed by atoms with E-state index in [2.05, 4.69) is 35.4 Å². The van der Waals surface area contributed by atoms with Gasteiger partial charge in [-0.05, 0) is 36.1 Å². The number of amidine groups is 1. The van der Waals surface area contributed by atoms with Gasteiger partial charge in [0.2, 0.25) is 5.91 Å². The van der Waals surface area contributed by atoms with Crippen LogP contribution in [0, 0.1) is 5.92 Å². The molecule has 2 aliphatic heterocycles. The first kappa shape index (κ1) is 21.7. The molecule has 2 aromatic rings. The lowest BCUT2D eigenvalue weighted by Gasteiger charge is -2.43. The van der Waals surface area contributed by atoms with Gasteiger partial charge in [-0.3, -0.25) is 10.2 Å². The molecule has 2 aliphatic rings. The van der Waals surface area contributed by atoms with Crippen molar-refractivity contribution in [2.45, 2.75) is 38.9 Å². The molecule has 3 unspecified atom stereocenters. The number of nitrogens with one attached hydrogen (secondary N) is 1. The molecular weight excluding hydrogens is 410 g/mol. The van der Waals surface area contributed by atoms with E-state index in [1.165, 1.54) is 5.56 Å². The molecule has 31 heavy (non-hydrogen) atoms. The Labute approximate surface area is 189 Å². The molecule has 2 heterocycles. The van der Waals surface area contributed by atoms with E-state index in [0.29, 0.717) is 6.54 Å². The van der Waals surface area contributed by atoms with Crippen molar-refractivity contribution in [2.24, 2.45) is 16.8 Å². The zero-order valence-electron chi connectivity index (χ0n) is 18.3. The van der Waals surface area contributed by atoms with Crippen molar-refractivity contribution in [3.63, 3.8) is 0 Å². The maximum absolute atomic E-state index is 12.8. The van der Waals surface area contributed by atoms with Crippen molar-refractivity contribution in [1.82, 2.24) is 15.2 Å². The van der Waals surface area contributed by atoms with Crippen molar-refractivity contribution >= 4 is 23.3 Å². The normalized spacial score (nSPS) is 21.9. The fourth-order valence-electron chi connectivity index (χ4n) is 4.31.